The maximum absolute atomic E-state index is 12.5. The van der Waals surface area contributed by atoms with E-state index in [9.17, 15) is 9.59 Å². The summed E-state index contributed by atoms with van der Waals surface area (Å²) in [5.41, 5.74) is 1.20. The molecule has 0 aliphatic rings. The minimum Gasteiger partial charge on any atom is -0.493 e. The van der Waals surface area contributed by atoms with Crippen molar-refractivity contribution in [3.8, 4) is 11.5 Å². The fourth-order valence-electron chi connectivity index (χ4n) is 2.50. The number of anilines is 1. The predicted octanol–water partition coefficient (Wildman–Crippen LogP) is 3.81. The second-order valence-corrected chi connectivity index (χ2v) is 5.61. The molecule has 2 amide bonds. The van der Waals surface area contributed by atoms with Crippen molar-refractivity contribution in [2.24, 2.45) is 0 Å². The Morgan fingerprint density at radius 2 is 1.62 bits per heavy atom. The minimum atomic E-state index is -0.544. The lowest BCUT2D eigenvalue weighted by atomic mass is 10.1. The van der Waals surface area contributed by atoms with Crippen LogP contribution in [0.5, 0.6) is 11.5 Å². The van der Waals surface area contributed by atoms with Crippen molar-refractivity contribution < 1.29 is 19.1 Å². The maximum atomic E-state index is 12.5. The van der Waals surface area contributed by atoms with Crippen molar-refractivity contribution in [2.75, 3.05) is 32.1 Å². The summed E-state index contributed by atoms with van der Waals surface area (Å²) in [4.78, 5) is 27.9. The highest BCUT2D eigenvalue weighted by atomic mass is 16.6. The molecule has 0 saturated carbocycles. The number of rotatable bonds is 6. The van der Waals surface area contributed by atoms with Gasteiger partial charge in [0.15, 0.2) is 11.5 Å². The Hall–Kier alpha value is -3.02. The second-order valence-electron chi connectivity index (χ2n) is 5.61. The van der Waals surface area contributed by atoms with Crippen molar-refractivity contribution in [1.29, 1.82) is 0 Å². The fourth-order valence-corrected chi connectivity index (χ4v) is 2.50. The van der Waals surface area contributed by atoms with Gasteiger partial charge in [0, 0.05) is 31.4 Å². The van der Waals surface area contributed by atoms with Crippen molar-refractivity contribution in [3.63, 3.8) is 0 Å². The number of benzene rings is 2. The molecule has 0 atom stereocenters. The number of ether oxygens (including phenoxy) is 2. The molecule has 138 valence electrons. The highest BCUT2D eigenvalue weighted by Crippen LogP contribution is 2.29. The van der Waals surface area contributed by atoms with Gasteiger partial charge in [0.2, 0.25) is 0 Å². The van der Waals surface area contributed by atoms with E-state index in [4.69, 9.17) is 9.47 Å². The first-order valence-corrected chi connectivity index (χ1v) is 8.49. The smallest absolute Gasteiger partial charge is 0.419 e. The first kappa shape index (κ1) is 19.3. The van der Waals surface area contributed by atoms with E-state index in [-0.39, 0.29) is 11.7 Å². The molecule has 0 aliphatic carbocycles. The van der Waals surface area contributed by atoms with Crippen LogP contribution >= 0.6 is 0 Å². The number of para-hydroxylation sites is 1. The Labute approximate surface area is 153 Å². The number of hydrogen-bond donors (Lipinski definition) is 0. The summed E-state index contributed by atoms with van der Waals surface area (Å²) in [6.07, 6.45) is -0.544. The highest BCUT2D eigenvalue weighted by molar-refractivity contribution is 5.95. The number of hydrogen-bond acceptors (Lipinski definition) is 4. The first-order chi connectivity index (χ1) is 12.5. The molecule has 26 heavy (non-hydrogen) atoms. The lowest BCUT2D eigenvalue weighted by molar-refractivity contribution is 0.0772. The maximum Gasteiger partial charge on any atom is 0.419 e. The molecular weight excluding hydrogens is 332 g/mol. The number of methoxy groups -OCH3 is 1. The molecule has 2 aromatic carbocycles. The molecule has 0 spiro atoms. The number of nitrogens with zero attached hydrogens (tertiary/aromatic N) is 2. The van der Waals surface area contributed by atoms with Crippen molar-refractivity contribution >= 4 is 17.7 Å². The van der Waals surface area contributed by atoms with Gasteiger partial charge in [-0.15, -0.1) is 0 Å². The van der Waals surface area contributed by atoms with Gasteiger partial charge in [-0.05, 0) is 44.2 Å². The third kappa shape index (κ3) is 4.33. The van der Waals surface area contributed by atoms with Gasteiger partial charge in [-0.1, -0.05) is 18.2 Å². The highest BCUT2D eigenvalue weighted by Gasteiger charge is 2.19. The number of amides is 2. The van der Waals surface area contributed by atoms with Crippen molar-refractivity contribution in [1.82, 2.24) is 4.90 Å². The molecule has 2 aromatic rings. The summed E-state index contributed by atoms with van der Waals surface area (Å²) in [5, 5.41) is 0. The molecule has 6 nitrogen and oxygen atoms in total. The lowest BCUT2D eigenvalue weighted by Crippen LogP contribution is -2.31. The van der Waals surface area contributed by atoms with E-state index in [1.54, 1.807) is 30.1 Å². The predicted molar refractivity (Wildman–Crippen MR) is 101 cm³/mol. The van der Waals surface area contributed by atoms with Gasteiger partial charge in [-0.3, -0.25) is 9.69 Å². The van der Waals surface area contributed by atoms with E-state index in [2.05, 4.69) is 0 Å². The first-order valence-electron chi connectivity index (χ1n) is 8.49. The third-order valence-corrected chi connectivity index (χ3v) is 4.08. The Morgan fingerprint density at radius 1 is 0.962 bits per heavy atom. The SMILES string of the molecule is CCN(CC)C(=O)c1ccc(OC(=O)N(C)c2ccccc2)c(OC)c1. The largest absolute Gasteiger partial charge is 0.493 e. The van der Waals surface area contributed by atoms with Gasteiger partial charge < -0.3 is 14.4 Å². The molecule has 0 aromatic heterocycles. The van der Waals surface area contributed by atoms with Gasteiger partial charge in [0.1, 0.15) is 0 Å². The fraction of sp³-hybridized carbons (Fsp3) is 0.300. The van der Waals surface area contributed by atoms with Crippen LogP contribution in [0.3, 0.4) is 0 Å². The molecule has 2 rings (SSSR count). The average Bonchev–Trinajstić information content (AvgIpc) is 2.69. The van der Waals surface area contributed by atoms with Crippen LogP contribution in [0, 0.1) is 0 Å². The number of carbonyl (C=O) groups is 2. The molecule has 0 saturated heterocycles. The monoisotopic (exact) mass is 356 g/mol. The van der Waals surface area contributed by atoms with Crippen LogP contribution < -0.4 is 14.4 Å². The lowest BCUT2D eigenvalue weighted by Gasteiger charge is -2.20. The standard InChI is InChI=1S/C20H24N2O4/c1-5-22(6-2)19(23)15-12-13-17(18(14-15)25-4)26-20(24)21(3)16-10-8-7-9-11-16/h7-14H,5-6H2,1-4H3. The van der Waals surface area contributed by atoms with Crippen LogP contribution in [-0.4, -0.2) is 44.1 Å². The summed E-state index contributed by atoms with van der Waals surface area (Å²) in [6.45, 7) is 5.09. The normalized spacial score (nSPS) is 10.2. The van der Waals surface area contributed by atoms with Crippen molar-refractivity contribution in [3.05, 3.63) is 54.1 Å². The zero-order valence-electron chi connectivity index (χ0n) is 15.6. The molecule has 0 N–H and O–H groups in total. The summed E-state index contributed by atoms with van der Waals surface area (Å²) in [5.74, 6) is 0.502. The van der Waals surface area contributed by atoms with Crippen molar-refractivity contribution in [2.45, 2.75) is 13.8 Å². The van der Waals surface area contributed by atoms with Gasteiger partial charge >= 0.3 is 6.09 Å². The number of carbonyl (C=O) groups excluding carboxylic acids is 2. The molecule has 0 fully saturated rings. The Bertz CT molecular complexity index is 758. The van der Waals surface area contributed by atoms with E-state index < -0.39 is 6.09 Å². The van der Waals surface area contributed by atoms with Crippen LogP contribution in [0.4, 0.5) is 10.5 Å². The molecule has 0 aliphatic heterocycles. The van der Waals surface area contributed by atoms with E-state index in [1.807, 2.05) is 44.2 Å². The summed E-state index contributed by atoms with van der Waals surface area (Å²) >= 11 is 0. The van der Waals surface area contributed by atoms with E-state index in [0.29, 0.717) is 30.1 Å². The summed E-state index contributed by atoms with van der Waals surface area (Å²) in [7, 11) is 3.10. The second kappa shape index (κ2) is 8.89. The zero-order valence-corrected chi connectivity index (χ0v) is 15.6. The van der Waals surface area contributed by atoms with Crippen LogP contribution in [-0.2, 0) is 0 Å². The van der Waals surface area contributed by atoms with E-state index in [0.717, 1.165) is 0 Å². The van der Waals surface area contributed by atoms with Crippen LogP contribution in [0.15, 0.2) is 48.5 Å². The Morgan fingerprint density at radius 3 is 2.19 bits per heavy atom. The van der Waals surface area contributed by atoms with Crippen LogP contribution in [0.25, 0.3) is 0 Å². The Kier molecular flexibility index (Phi) is 6.60. The summed E-state index contributed by atoms with van der Waals surface area (Å²) in [6, 6.07) is 14.0. The molecule has 6 heteroatoms. The third-order valence-electron chi connectivity index (χ3n) is 4.08. The molecule has 0 bridgehead atoms. The molecule has 0 unspecified atom stereocenters. The van der Waals surface area contributed by atoms with Gasteiger partial charge in [-0.2, -0.15) is 0 Å². The van der Waals surface area contributed by atoms with Gasteiger partial charge in [-0.25, -0.2) is 4.79 Å². The molecule has 0 heterocycles. The minimum absolute atomic E-state index is 0.0902. The Balaban J connectivity index is 2.19. The van der Waals surface area contributed by atoms with Crippen LogP contribution in [0.1, 0.15) is 24.2 Å². The van der Waals surface area contributed by atoms with Crippen LogP contribution in [0.2, 0.25) is 0 Å². The van der Waals surface area contributed by atoms with Gasteiger partial charge in [0.05, 0.1) is 7.11 Å². The quantitative estimate of drug-likeness (QED) is 0.790. The van der Waals surface area contributed by atoms with E-state index in [1.165, 1.54) is 12.0 Å². The summed E-state index contributed by atoms with van der Waals surface area (Å²) < 4.78 is 10.7. The topological polar surface area (TPSA) is 59.1 Å². The average molecular weight is 356 g/mol. The molecule has 0 radical (unpaired) electrons. The zero-order chi connectivity index (χ0) is 19.1. The molecular formula is C20H24N2O4. The van der Waals surface area contributed by atoms with Gasteiger partial charge in [0.25, 0.3) is 5.91 Å². The van der Waals surface area contributed by atoms with E-state index >= 15 is 0 Å².